The number of hydrogen-bond acceptors (Lipinski definition) is 8. The summed E-state index contributed by atoms with van der Waals surface area (Å²) >= 11 is 0. The van der Waals surface area contributed by atoms with Crippen LogP contribution in [0.1, 0.15) is 33.9 Å². The van der Waals surface area contributed by atoms with Crippen LogP contribution < -0.4 is 24.1 Å². The lowest BCUT2D eigenvalue weighted by Gasteiger charge is -2.23. The zero-order chi connectivity index (χ0) is 26.7. The summed E-state index contributed by atoms with van der Waals surface area (Å²) in [5.74, 6) is 1.83. The number of nitrogens with two attached hydrogens (primary N) is 1. The highest BCUT2D eigenvalue weighted by Crippen LogP contribution is 2.39. The molecule has 10 nitrogen and oxygen atoms in total. The van der Waals surface area contributed by atoms with Gasteiger partial charge in [-0.3, -0.25) is 4.79 Å². The smallest absolute Gasteiger partial charge is 0.274 e. The molecule has 1 aliphatic rings. The van der Waals surface area contributed by atoms with Crippen LogP contribution in [0.3, 0.4) is 0 Å². The third-order valence-corrected chi connectivity index (χ3v) is 6.99. The molecular weight excluding hydrogens is 498 g/mol. The monoisotopic (exact) mass is 525 g/mol. The molecular formula is C26H27N3O7S. The van der Waals surface area contributed by atoms with E-state index in [2.05, 4.69) is 0 Å². The van der Waals surface area contributed by atoms with Gasteiger partial charge in [-0.15, -0.1) is 0 Å². The second-order valence-corrected chi connectivity index (χ2v) is 9.73. The molecule has 3 aromatic rings. The van der Waals surface area contributed by atoms with Gasteiger partial charge >= 0.3 is 0 Å². The highest BCUT2D eigenvalue weighted by Gasteiger charge is 2.35. The number of nitrogens with zero attached hydrogens (tertiary/aromatic N) is 2. The third-order valence-electron chi connectivity index (χ3n) is 6.06. The first-order chi connectivity index (χ1) is 17.7. The van der Waals surface area contributed by atoms with Gasteiger partial charge in [-0.1, -0.05) is 6.07 Å². The molecule has 11 heteroatoms. The van der Waals surface area contributed by atoms with Gasteiger partial charge in [0.1, 0.15) is 11.5 Å². The van der Waals surface area contributed by atoms with E-state index < -0.39 is 22.0 Å². The van der Waals surface area contributed by atoms with E-state index in [-0.39, 0.29) is 10.5 Å². The van der Waals surface area contributed by atoms with E-state index in [1.165, 1.54) is 36.4 Å². The number of carbonyl (C=O) groups excluding carboxylic acids is 1. The van der Waals surface area contributed by atoms with Crippen molar-refractivity contribution in [3.63, 3.8) is 0 Å². The van der Waals surface area contributed by atoms with Gasteiger partial charge < -0.3 is 18.9 Å². The average molecular weight is 526 g/mol. The van der Waals surface area contributed by atoms with Gasteiger partial charge in [-0.2, -0.15) is 5.10 Å². The number of benzene rings is 3. The Hall–Kier alpha value is -4.09. The quantitative estimate of drug-likeness (QED) is 0.477. The second kappa shape index (κ2) is 10.5. The number of methoxy groups -OCH3 is 4. The summed E-state index contributed by atoms with van der Waals surface area (Å²) in [6, 6.07) is 15.7. The minimum Gasteiger partial charge on any atom is -0.497 e. The number of amides is 1. The first-order valence-electron chi connectivity index (χ1n) is 11.2. The molecule has 2 N–H and O–H groups in total. The molecule has 1 amide bonds. The predicted molar refractivity (Wildman–Crippen MR) is 137 cm³/mol. The maximum atomic E-state index is 13.6. The molecule has 0 saturated heterocycles. The van der Waals surface area contributed by atoms with Gasteiger partial charge in [0, 0.05) is 23.6 Å². The number of rotatable bonds is 8. The molecule has 1 aliphatic heterocycles. The van der Waals surface area contributed by atoms with Crippen LogP contribution in [0.4, 0.5) is 0 Å². The van der Waals surface area contributed by atoms with Gasteiger partial charge in [0.05, 0.1) is 45.1 Å². The molecule has 0 radical (unpaired) electrons. The van der Waals surface area contributed by atoms with Crippen molar-refractivity contribution < 1.29 is 32.2 Å². The molecule has 1 heterocycles. The highest BCUT2D eigenvalue weighted by molar-refractivity contribution is 7.89. The summed E-state index contributed by atoms with van der Waals surface area (Å²) < 4.78 is 45.0. The maximum absolute atomic E-state index is 13.6. The van der Waals surface area contributed by atoms with Crippen LogP contribution >= 0.6 is 0 Å². The number of hydrogen-bond donors (Lipinski definition) is 1. The Morgan fingerprint density at radius 1 is 0.865 bits per heavy atom. The van der Waals surface area contributed by atoms with Crippen LogP contribution in [0, 0.1) is 0 Å². The third kappa shape index (κ3) is 5.23. The van der Waals surface area contributed by atoms with E-state index in [0.717, 1.165) is 5.56 Å². The van der Waals surface area contributed by atoms with Crippen molar-refractivity contribution in [3.05, 3.63) is 77.4 Å². The lowest BCUT2D eigenvalue weighted by Crippen LogP contribution is -2.27. The van der Waals surface area contributed by atoms with E-state index in [4.69, 9.17) is 29.2 Å². The van der Waals surface area contributed by atoms with Crippen LogP contribution in [0.2, 0.25) is 0 Å². The van der Waals surface area contributed by atoms with Crippen molar-refractivity contribution >= 4 is 21.6 Å². The summed E-state index contributed by atoms with van der Waals surface area (Å²) in [7, 11) is 2.31. The Bertz CT molecular complexity index is 1450. The fourth-order valence-electron chi connectivity index (χ4n) is 4.14. The summed E-state index contributed by atoms with van der Waals surface area (Å²) in [4.78, 5) is 13.5. The van der Waals surface area contributed by atoms with E-state index in [1.807, 2.05) is 12.1 Å². The largest absolute Gasteiger partial charge is 0.497 e. The van der Waals surface area contributed by atoms with Crippen LogP contribution in [-0.2, 0) is 10.0 Å². The topological polar surface area (TPSA) is 130 Å². The van der Waals surface area contributed by atoms with Gasteiger partial charge in [0.15, 0.2) is 11.5 Å². The minimum atomic E-state index is -3.89. The van der Waals surface area contributed by atoms with Crippen LogP contribution in [0.15, 0.2) is 70.7 Å². The molecule has 0 spiro atoms. The van der Waals surface area contributed by atoms with Crippen LogP contribution in [-0.4, -0.2) is 53.5 Å². The summed E-state index contributed by atoms with van der Waals surface area (Å²) in [5.41, 5.74) is 2.38. The zero-order valence-corrected chi connectivity index (χ0v) is 21.6. The second-order valence-electron chi connectivity index (χ2n) is 8.17. The lowest BCUT2D eigenvalue weighted by molar-refractivity contribution is 0.0711. The van der Waals surface area contributed by atoms with E-state index in [9.17, 15) is 13.2 Å². The van der Waals surface area contributed by atoms with Crippen molar-refractivity contribution in [1.29, 1.82) is 0 Å². The number of carbonyl (C=O) groups is 1. The zero-order valence-electron chi connectivity index (χ0n) is 20.8. The van der Waals surface area contributed by atoms with Gasteiger partial charge in [0.25, 0.3) is 5.91 Å². The van der Waals surface area contributed by atoms with Gasteiger partial charge in [-0.05, 0) is 54.1 Å². The fourth-order valence-corrected chi connectivity index (χ4v) is 4.65. The summed E-state index contributed by atoms with van der Waals surface area (Å²) in [5, 5.41) is 11.3. The first-order valence-corrected chi connectivity index (χ1v) is 12.7. The average Bonchev–Trinajstić information content (AvgIpc) is 3.36. The fraction of sp³-hybridized carbons (Fsp3) is 0.231. The Labute approximate surface area is 215 Å². The number of primary sulfonamides is 1. The molecule has 4 rings (SSSR count). The van der Waals surface area contributed by atoms with Crippen molar-refractivity contribution in [2.75, 3.05) is 28.4 Å². The Morgan fingerprint density at radius 2 is 1.54 bits per heavy atom. The van der Waals surface area contributed by atoms with E-state index >= 15 is 0 Å². The lowest BCUT2D eigenvalue weighted by atomic mass is 9.97. The summed E-state index contributed by atoms with van der Waals surface area (Å²) in [6.07, 6.45) is 0.388. The molecule has 1 atom stereocenters. The van der Waals surface area contributed by atoms with E-state index in [0.29, 0.717) is 40.7 Å². The molecule has 0 aromatic heterocycles. The Morgan fingerprint density at radius 3 is 2.14 bits per heavy atom. The minimum absolute atomic E-state index is 0.0888. The Balaban J connectivity index is 1.78. The molecule has 0 saturated carbocycles. The molecule has 1 unspecified atom stereocenters. The van der Waals surface area contributed by atoms with Crippen LogP contribution in [0.5, 0.6) is 23.0 Å². The highest BCUT2D eigenvalue weighted by atomic mass is 32.2. The number of sulfonamides is 1. The van der Waals surface area contributed by atoms with Crippen LogP contribution in [0.25, 0.3) is 0 Å². The Kier molecular flexibility index (Phi) is 7.37. The number of hydrazone groups is 1. The molecule has 0 aliphatic carbocycles. The molecule has 0 fully saturated rings. The summed E-state index contributed by atoms with van der Waals surface area (Å²) in [6.45, 7) is 0. The van der Waals surface area contributed by atoms with Gasteiger partial charge in [0.2, 0.25) is 10.0 Å². The molecule has 0 bridgehead atoms. The van der Waals surface area contributed by atoms with E-state index in [1.54, 1.807) is 45.6 Å². The maximum Gasteiger partial charge on any atom is 0.274 e. The normalized spacial score (nSPS) is 15.2. The molecule has 194 valence electrons. The first kappa shape index (κ1) is 26.0. The van der Waals surface area contributed by atoms with Gasteiger partial charge in [-0.25, -0.2) is 18.6 Å². The number of ether oxygens (including phenoxy) is 4. The standard InChI is InChI=1S/C26H27N3O7S/c1-33-18-8-11-20(24(14-18)35-3)21-15-22(17-7-12-23(34-2)25(13-17)36-4)29(28-21)26(30)16-5-9-19(10-6-16)37(27,31)32/h5-14,22H,15H2,1-4H3,(H2,27,31,32). The van der Waals surface area contributed by atoms with Crippen molar-refractivity contribution in [2.24, 2.45) is 10.2 Å². The van der Waals surface area contributed by atoms with Crippen molar-refractivity contribution in [2.45, 2.75) is 17.4 Å². The molecule has 3 aromatic carbocycles. The van der Waals surface area contributed by atoms with Crippen molar-refractivity contribution in [3.8, 4) is 23.0 Å². The van der Waals surface area contributed by atoms with Crippen molar-refractivity contribution in [1.82, 2.24) is 5.01 Å². The predicted octanol–water partition coefficient (Wildman–Crippen LogP) is 3.36. The molecule has 37 heavy (non-hydrogen) atoms. The SMILES string of the molecule is COc1ccc(C2=NN(C(=O)c3ccc(S(N)(=O)=O)cc3)C(c3ccc(OC)c(OC)c3)C2)c(OC)c1.